The zero-order chi connectivity index (χ0) is 13.5. The monoisotopic (exact) mass is 282 g/mol. The molecule has 2 aliphatic rings. The third-order valence-corrected chi connectivity index (χ3v) is 4.45. The molecule has 5 heteroatoms. The van der Waals surface area contributed by atoms with Crippen LogP contribution in [-0.2, 0) is 14.2 Å². The molecule has 4 atom stereocenters. The van der Waals surface area contributed by atoms with Crippen LogP contribution in [0.2, 0.25) is 0 Å². The van der Waals surface area contributed by atoms with Crippen LogP contribution in [-0.4, -0.2) is 41.2 Å². The summed E-state index contributed by atoms with van der Waals surface area (Å²) in [5.41, 5.74) is -0.318. The van der Waals surface area contributed by atoms with Crippen molar-refractivity contribution in [1.82, 2.24) is 0 Å². The highest BCUT2D eigenvalue weighted by molar-refractivity contribution is 7.99. The lowest BCUT2D eigenvalue weighted by Gasteiger charge is -2.34. The minimum Gasteiger partial charge on any atom is -0.387 e. The number of hydrogen-bond donors (Lipinski definition) is 1. The molecule has 2 fully saturated rings. The number of aliphatic hydroxyl groups is 1. The maximum atomic E-state index is 10.4. The fourth-order valence-electron chi connectivity index (χ4n) is 2.46. The van der Waals surface area contributed by atoms with E-state index in [-0.39, 0.29) is 17.6 Å². The van der Waals surface area contributed by atoms with Gasteiger partial charge in [-0.15, -0.1) is 0 Å². The predicted octanol–water partition coefficient (Wildman–Crippen LogP) is 2.02. The molecule has 1 aromatic rings. The topological polar surface area (TPSA) is 47.9 Å². The van der Waals surface area contributed by atoms with Crippen molar-refractivity contribution < 1.29 is 19.3 Å². The first-order valence-corrected chi connectivity index (χ1v) is 7.30. The first kappa shape index (κ1) is 13.4. The molecule has 2 saturated heterocycles. The number of rotatable bonds is 2. The Morgan fingerprint density at radius 1 is 1.21 bits per heavy atom. The normalized spacial score (nSPS) is 37.0. The standard InChI is InChI=1S/C14H18O4S/c1-14(2)17-10-8-16-13(11(15)12(10)18-14)19-9-6-4-3-5-7-9/h3-7,10-13,15H,8H2,1-2H3/t10-,11+,12-,13?/m0/s1. The van der Waals surface area contributed by atoms with Crippen molar-refractivity contribution in [2.24, 2.45) is 0 Å². The molecule has 2 heterocycles. The molecule has 1 aromatic carbocycles. The predicted molar refractivity (Wildman–Crippen MR) is 71.9 cm³/mol. The van der Waals surface area contributed by atoms with Crippen LogP contribution in [0.3, 0.4) is 0 Å². The number of ether oxygens (including phenoxy) is 3. The fraction of sp³-hybridized carbons (Fsp3) is 0.571. The van der Waals surface area contributed by atoms with Gasteiger partial charge < -0.3 is 19.3 Å². The van der Waals surface area contributed by atoms with Crippen molar-refractivity contribution in [1.29, 1.82) is 0 Å². The Bertz CT molecular complexity index is 436. The Morgan fingerprint density at radius 2 is 1.95 bits per heavy atom. The van der Waals surface area contributed by atoms with Crippen molar-refractivity contribution >= 4 is 11.8 Å². The molecule has 19 heavy (non-hydrogen) atoms. The lowest BCUT2D eigenvalue weighted by Crippen LogP contribution is -2.50. The van der Waals surface area contributed by atoms with Gasteiger partial charge in [-0.3, -0.25) is 0 Å². The molecule has 0 amide bonds. The van der Waals surface area contributed by atoms with E-state index in [1.165, 1.54) is 11.8 Å². The van der Waals surface area contributed by atoms with Crippen LogP contribution in [0.25, 0.3) is 0 Å². The second-order valence-corrected chi connectivity index (χ2v) is 6.43. The highest BCUT2D eigenvalue weighted by Gasteiger charge is 2.50. The van der Waals surface area contributed by atoms with E-state index in [2.05, 4.69) is 0 Å². The van der Waals surface area contributed by atoms with Gasteiger partial charge in [0.1, 0.15) is 23.7 Å². The van der Waals surface area contributed by atoms with E-state index in [4.69, 9.17) is 14.2 Å². The summed E-state index contributed by atoms with van der Waals surface area (Å²) in [7, 11) is 0. The first-order chi connectivity index (χ1) is 9.05. The second-order valence-electron chi connectivity index (χ2n) is 5.26. The van der Waals surface area contributed by atoms with Crippen LogP contribution in [0.1, 0.15) is 13.8 Å². The van der Waals surface area contributed by atoms with E-state index >= 15 is 0 Å². The summed E-state index contributed by atoms with van der Waals surface area (Å²) >= 11 is 1.51. The van der Waals surface area contributed by atoms with Crippen LogP contribution in [0, 0.1) is 0 Å². The minimum atomic E-state index is -0.689. The van der Waals surface area contributed by atoms with E-state index in [9.17, 15) is 5.11 Å². The zero-order valence-electron chi connectivity index (χ0n) is 11.0. The molecule has 0 spiro atoms. The van der Waals surface area contributed by atoms with Crippen LogP contribution in [0.4, 0.5) is 0 Å². The zero-order valence-corrected chi connectivity index (χ0v) is 11.8. The largest absolute Gasteiger partial charge is 0.387 e. The van der Waals surface area contributed by atoms with Gasteiger partial charge in [0, 0.05) is 4.90 Å². The van der Waals surface area contributed by atoms with Crippen LogP contribution in [0.15, 0.2) is 35.2 Å². The maximum Gasteiger partial charge on any atom is 0.164 e. The molecule has 3 rings (SSSR count). The van der Waals surface area contributed by atoms with Crippen LogP contribution >= 0.6 is 11.8 Å². The lowest BCUT2D eigenvalue weighted by atomic mass is 10.1. The van der Waals surface area contributed by atoms with Crippen LogP contribution < -0.4 is 0 Å². The molecular weight excluding hydrogens is 264 g/mol. The molecular formula is C14H18O4S. The molecule has 4 nitrogen and oxygen atoms in total. The Balaban J connectivity index is 1.69. The summed E-state index contributed by atoms with van der Waals surface area (Å²) in [4.78, 5) is 1.07. The van der Waals surface area contributed by atoms with Gasteiger partial charge in [-0.25, -0.2) is 0 Å². The fourth-order valence-corrected chi connectivity index (χ4v) is 3.48. The molecule has 1 N–H and O–H groups in total. The summed E-state index contributed by atoms with van der Waals surface area (Å²) in [6, 6.07) is 9.91. The Labute approximate surface area is 117 Å². The molecule has 0 bridgehead atoms. The van der Waals surface area contributed by atoms with Crippen molar-refractivity contribution in [3.63, 3.8) is 0 Å². The van der Waals surface area contributed by atoms with Gasteiger partial charge in [0.2, 0.25) is 0 Å². The molecule has 0 radical (unpaired) electrons. The van der Waals surface area contributed by atoms with Gasteiger partial charge in [0.05, 0.1) is 6.61 Å². The highest BCUT2D eigenvalue weighted by Crippen LogP contribution is 2.38. The third-order valence-electron chi connectivity index (χ3n) is 3.26. The molecule has 0 aliphatic carbocycles. The molecule has 104 valence electrons. The molecule has 0 aromatic heterocycles. The van der Waals surface area contributed by atoms with Gasteiger partial charge in [0.25, 0.3) is 0 Å². The quantitative estimate of drug-likeness (QED) is 0.899. The first-order valence-electron chi connectivity index (χ1n) is 6.42. The Kier molecular flexibility index (Phi) is 3.57. The number of aliphatic hydroxyl groups excluding tert-OH is 1. The van der Waals surface area contributed by atoms with Crippen molar-refractivity contribution in [3.05, 3.63) is 30.3 Å². The van der Waals surface area contributed by atoms with Crippen molar-refractivity contribution in [2.75, 3.05) is 6.61 Å². The summed E-state index contributed by atoms with van der Waals surface area (Å²) in [5, 5.41) is 10.4. The van der Waals surface area contributed by atoms with Crippen molar-refractivity contribution in [3.8, 4) is 0 Å². The summed E-state index contributed by atoms with van der Waals surface area (Å²) in [6.07, 6.45) is -1.19. The molecule has 1 unspecified atom stereocenters. The summed E-state index contributed by atoms with van der Waals surface area (Å²) < 4.78 is 17.2. The highest BCUT2D eigenvalue weighted by atomic mass is 32.2. The summed E-state index contributed by atoms with van der Waals surface area (Å²) in [6.45, 7) is 4.17. The average Bonchev–Trinajstić information content (AvgIpc) is 2.70. The van der Waals surface area contributed by atoms with E-state index in [0.29, 0.717) is 6.61 Å². The minimum absolute atomic E-state index is 0.183. The van der Waals surface area contributed by atoms with E-state index in [1.807, 2.05) is 44.2 Å². The molecule has 0 saturated carbocycles. The molecule has 2 aliphatic heterocycles. The number of hydrogen-bond acceptors (Lipinski definition) is 5. The third kappa shape index (κ3) is 2.80. The van der Waals surface area contributed by atoms with Crippen molar-refractivity contribution in [2.45, 2.75) is 48.3 Å². The van der Waals surface area contributed by atoms with Gasteiger partial charge in [-0.1, -0.05) is 30.0 Å². The number of thioether (sulfide) groups is 1. The van der Waals surface area contributed by atoms with E-state index in [1.54, 1.807) is 0 Å². The summed E-state index contributed by atoms with van der Waals surface area (Å²) in [5.74, 6) is -0.647. The maximum absolute atomic E-state index is 10.4. The van der Waals surface area contributed by atoms with Gasteiger partial charge in [0.15, 0.2) is 5.79 Å². The van der Waals surface area contributed by atoms with Gasteiger partial charge in [-0.05, 0) is 26.0 Å². The Morgan fingerprint density at radius 3 is 2.68 bits per heavy atom. The smallest absolute Gasteiger partial charge is 0.164 e. The van der Waals surface area contributed by atoms with Crippen LogP contribution in [0.5, 0.6) is 0 Å². The van der Waals surface area contributed by atoms with Gasteiger partial charge >= 0.3 is 0 Å². The lowest BCUT2D eigenvalue weighted by molar-refractivity contribution is -0.153. The van der Waals surface area contributed by atoms with Gasteiger partial charge in [-0.2, -0.15) is 0 Å². The van der Waals surface area contributed by atoms with E-state index in [0.717, 1.165) is 4.90 Å². The Hall–Kier alpha value is -0.590. The SMILES string of the molecule is CC1(C)O[C@H]2[C@H](COC(Sc3ccccc3)[C@@H]2O)O1. The van der Waals surface area contributed by atoms with E-state index < -0.39 is 11.9 Å². The second kappa shape index (κ2) is 5.07. The average molecular weight is 282 g/mol. The number of fused-ring (bicyclic) bond motifs is 1. The number of benzene rings is 1.